The lowest BCUT2D eigenvalue weighted by atomic mass is 10.1. The van der Waals surface area contributed by atoms with Crippen molar-refractivity contribution in [3.63, 3.8) is 0 Å². The minimum absolute atomic E-state index is 0.241. The summed E-state index contributed by atoms with van der Waals surface area (Å²) in [5.74, 6) is 0.490. The van der Waals surface area contributed by atoms with Crippen LogP contribution in [0.25, 0.3) is 6.08 Å². The van der Waals surface area contributed by atoms with Crippen LogP contribution in [0.1, 0.15) is 18.4 Å². The molecule has 0 amide bonds. The second-order valence-electron chi connectivity index (χ2n) is 4.36. The molecule has 102 valence electrons. The molecule has 0 radical (unpaired) electrons. The van der Waals surface area contributed by atoms with Crippen LogP contribution in [0.3, 0.4) is 0 Å². The van der Waals surface area contributed by atoms with Crippen LogP contribution in [-0.2, 0) is 14.3 Å². The van der Waals surface area contributed by atoms with Gasteiger partial charge < -0.3 is 14.2 Å². The van der Waals surface area contributed by atoms with E-state index in [1.165, 1.54) is 13.2 Å². The van der Waals surface area contributed by atoms with Gasteiger partial charge in [0.25, 0.3) is 0 Å². The van der Waals surface area contributed by atoms with Crippen LogP contribution in [0.2, 0.25) is 0 Å². The Kier molecular flexibility index (Phi) is 4.98. The summed E-state index contributed by atoms with van der Waals surface area (Å²) in [5, 5.41) is 0. The molecule has 0 aliphatic carbocycles. The molecule has 1 aromatic carbocycles. The normalized spacial score (nSPS) is 16.5. The Morgan fingerprint density at radius 1 is 1.26 bits per heavy atom. The highest BCUT2D eigenvalue weighted by molar-refractivity contribution is 5.86. The molecule has 4 nitrogen and oxygen atoms in total. The predicted octanol–water partition coefficient (Wildman–Crippen LogP) is 2.43. The summed E-state index contributed by atoms with van der Waals surface area (Å²) in [4.78, 5) is 11.0. The lowest BCUT2D eigenvalue weighted by Crippen LogP contribution is -2.25. The molecule has 0 aromatic heterocycles. The summed E-state index contributed by atoms with van der Waals surface area (Å²) in [6.45, 7) is 1.54. The smallest absolute Gasteiger partial charge is 0.330 e. The third kappa shape index (κ3) is 4.41. The highest BCUT2D eigenvalue weighted by Crippen LogP contribution is 2.19. The molecule has 0 spiro atoms. The van der Waals surface area contributed by atoms with E-state index in [9.17, 15) is 4.79 Å². The Hall–Kier alpha value is -1.81. The largest absolute Gasteiger partial charge is 0.490 e. The first-order valence-corrected chi connectivity index (χ1v) is 6.38. The molecular weight excluding hydrogens is 244 g/mol. The van der Waals surface area contributed by atoms with Gasteiger partial charge in [0.2, 0.25) is 0 Å². The van der Waals surface area contributed by atoms with Crippen molar-refractivity contribution >= 4 is 12.0 Å². The Morgan fingerprint density at radius 2 is 1.95 bits per heavy atom. The molecule has 1 saturated heterocycles. The first kappa shape index (κ1) is 13.6. The highest BCUT2D eigenvalue weighted by Gasteiger charge is 2.14. The lowest BCUT2D eigenvalue weighted by molar-refractivity contribution is -0.134. The average molecular weight is 262 g/mol. The van der Waals surface area contributed by atoms with E-state index in [-0.39, 0.29) is 12.1 Å². The zero-order valence-electron chi connectivity index (χ0n) is 11.0. The molecule has 0 atom stereocenters. The van der Waals surface area contributed by atoms with E-state index in [1.807, 2.05) is 24.3 Å². The van der Waals surface area contributed by atoms with Crippen molar-refractivity contribution in [1.82, 2.24) is 0 Å². The number of hydrogen-bond donors (Lipinski definition) is 0. The summed E-state index contributed by atoms with van der Waals surface area (Å²) in [7, 11) is 1.36. The van der Waals surface area contributed by atoms with Crippen molar-refractivity contribution in [2.75, 3.05) is 20.3 Å². The fourth-order valence-corrected chi connectivity index (χ4v) is 1.88. The fourth-order valence-electron chi connectivity index (χ4n) is 1.88. The van der Waals surface area contributed by atoms with E-state index in [1.54, 1.807) is 6.08 Å². The molecule has 0 saturated carbocycles. The highest BCUT2D eigenvalue weighted by atomic mass is 16.5. The molecule has 1 aliphatic rings. The maximum atomic E-state index is 11.0. The number of carbonyl (C=O) groups excluding carboxylic acids is 1. The standard InChI is InChI=1S/C15H18O4/c1-17-15(16)7-4-12-2-5-13(6-3-12)19-14-8-10-18-11-9-14/h2-7,14H,8-11H2,1H3/b7-4+. The van der Waals surface area contributed by atoms with Gasteiger partial charge in [-0.15, -0.1) is 0 Å². The van der Waals surface area contributed by atoms with E-state index in [2.05, 4.69) is 4.74 Å². The summed E-state index contributed by atoms with van der Waals surface area (Å²) in [6, 6.07) is 7.64. The first-order valence-electron chi connectivity index (χ1n) is 6.38. The number of benzene rings is 1. The van der Waals surface area contributed by atoms with Crippen LogP contribution >= 0.6 is 0 Å². The van der Waals surface area contributed by atoms with E-state index >= 15 is 0 Å². The molecule has 1 aromatic rings. The van der Waals surface area contributed by atoms with Crippen LogP contribution in [0.15, 0.2) is 30.3 Å². The van der Waals surface area contributed by atoms with Crippen molar-refractivity contribution in [3.05, 3.63) is 35.9 Å². The van der Waals surface area contributed by atoms with Gasteiger partial charge in [-0.05, 0) is 23.8 Å². The maximum Gasteiger partial charge on any atom is 0.330 e. The minimum atomic E-state index is -0.359. The first-order chi connectivity index (χ1) is 9.28. The number of methoxy groups -OCH3 is 1. The summed E-state index contributed by atoms with van der Waals surface area (Å²) < 4.78 is 15.7. The van der Waals surface area contributed by atoms with Gasteiger partial charge >= 0.3 is 5.97 Å². The number of esters is 1. The molecular formula is C15H18O4. The summed E-state index contributed by atoms with van der Waals surface area (Å²) in [6.07, 6.45) is 5.22. The van der Waals surface area contributed by atoms with Gasteiger partial charge in [0.05, 0.1) is 20.3 Å². The molecule has 1 fully saturated rings. The van der Waals surface area contributed by atoms with Crippen molar-refractivity contribution in [1.29, 1.82) is 0 Å². The van der Waals surface area contributed by atoms with Gasteiger partial charge in [0.1, 0.15) is 11.9 Å². The number of ether oxygens (including phenoxy) is 3. The third-order valence-electron chi connectivity index (χ3n) is 2.96. The van der Waals surface area contributed by atoms with Crippen LogP contribution < -0.4 is 4.74 Å². The molecule has 1 aliphatic heterocycles. The van der Waals surface area contributed by atoms with Crippen LogP contribution in [0, 0.1) is 0 Å². The zero-order chi connectivity index (χ0) is 13.5. The van der Waals surface area contributed by atoms with Gasteiger partial charge in [-0.1, -0.05) is 12.1 Å². The lowest BCUT2D eigenvalue weighted by Gasteiger charge is -2.23. The Bertz CT molecular complexity index is 430. The molecule has 19 heavy (non-hydrogen) atoms. The van der Waals surface area contributed by atoms with Gasteiger partial charge in [0.15, 0.2) is 0 Å². The Balaban J connectivity index is 1.90. The second-order valence-corrected chi connectivity index (χ2v) is 4.36. The van der Waals surface area contributed by atoms with E-state index in [4.69, 9.17) is 9.47 Å². The Morgan fingerprint density at radius 3 is 2.58 bits per heavy atom. The maximum absolute atomic E-state index is 11.0. The predicted molar refractivity (Wildman–Crippen MR) is 72.0 cm³/mol. The summed E-state index contributed by atoms with van der Waals surface area (Å²) >= 11 is 0. The summed E-state index contributed by atoms with van der Waals surface area (Å²) in [5.41, 5.74) is 0.935. The van der Waals surface area contributed by atoms with E-state index in [0.717, 1.165) is 37.4 Å². The van der Waals surface area contributed by atoms with Gasteiger partial charge in [-0.25, -0.2) is 4.79 Å². The van der Waals surface area contributed by atoms with Crippen molar-refractivity contribution < 1.29 is 19.0 Å². The van der Waals surface area contributed by atoms with Crippen molar-refractivity contribution in [3.8, 4) is 5.75 Å². The molecule has 2 rings (SSSR count). The zero-order valence-corrected chi connectivity index (χ0v) is 11.0. The molecule has 0 N–H and O–H groups in total. The second kappa shape index (κ2) is 6.95. The average Bonchev–Trinajstić information content (AvgIpc) is 2.47. The number of rotatable bonds is 4. The quantitative estimate of drug-likeness (QED) is 0.617. The van der Waals surface area contributed by atoms with Crippen LogP contribution in [-0.4, -0.2) is 32.4 Å². The van der Waals surface area contributed by atoms with Gasteiger partial charge in [-0.3, -0.25) is 0 Å². The molecule has 4 heteroatoms. The topological polar surface area (TPSA) is 44.8 Å². The Labute approximate surface area is 113 Å². The van der Waals surface area contributed by atoms with Crippen LogP contribution in [0.4, 0.5) is 0 Å². The fraction of sp³-hybridized carbons (Fsp3) is 0.400. The van der Waals surface area contributed by atoms with E-state index in [0.29, 0.717) is 0 Å². The van der Waals surface area contributed by atoms with Gasteiger partial charge in [-0.2, -0.15) is 0 Å². The van der Waals surface area contributed by atoms with E-state index < -0.39 is 0 Å². The minimum Gasteiger partial charge on any atom is -0.490 e. The monoisotopic (exact) mass is 262 g/mol. The number of hydrogen-bond acceptors (Lipinski definition) is 4. The molecule has 1 heterocycles. The third-order valence-corrected chi connectivity index (χ3v) is 2.96. The van der Waals surface area contributed by atoms with Gasteiger partial charge in [0, 0.05) is 18.9 Å². The van der Waals surface area contributed by atoms with Crippen molar-refractivity contribution in [2.45, 2.75) is 18.9 Å². The SMILES string of the molecule is COC(=O)/C=C/c1ccc(OC2CCOCC2)cc1. The molecule has 0 unspecified atom stereocenters. The van der Waals surface area contributed by atoms with Crippen LogP contribution in [0.5, 0.6) is 5.75 Å². The number of carbonyl (C=O) groups is 1. The van der Waals surface area contributed by atoms with Crippen molar-refractivity contribution in [2.24, 2.45) is 0 Å². The molecule has 0 bridgehead atoms.